The van der Waals surface area contributed by atoms with Crippen molar-refractivity contribution in [3.63, 3.8) is 0 Å². The zero-order valence-electron chi connectivity index (χ0n) is 12.3. The van der Waals surface area contributed by atoms with Crippen LogP contribution in [0.4, 0.5) is 11.4 Å². The molecule has 0 atom stereocenters. The number of nitrogens with zero attached hydrogens (tertiary/aromatic N) is 1. The van der Waals surface area contributed by atoms with E-state index in [9.17, 15) is 0 Å². The van der Waals surface area contributed by atoms with Gasteiger partial charge in [-0.2, -0.15) is 0 Å². The van der Waals surface area contributed by atoms with Crippen molar-refractivity contribution < 1.29 is 4.74 Å². The molecule has 0 unspecified atom stereocenters. The van der Waals surface area contributed by atoms with Crippen LogP contribution in [-0.4, -0.2) is 13.2 Å². The second-order valence-corrected chi connectivity index (χ2v) is 5.60. The van der Waals surface area contributed by atoms with E-state index >= 15 is 0 Å². The van der Waals surface area contributed by atoms with Gasteiger partial charge in [-0.05, 0) is 48.3 Å². The first-order chi connectivity index (χ1) is 10.4. The van der Waals surface area contributed by atoms with Gasteiger partial charge in [-0.3, -0.25) is 0 Å². The van der Waals surface area contributed by atoms with E-state index in [0.717, 1.165) is 25.1 Å². The zero-order valence-corrected chi connectivity index (χ0v) is 12.3. The first-order valence-corrected chi connectivity index (χ1v) is 7.68. The molecule has 2 heteroatoms. The summed E-state index contributed by atoms with van der Waals surface area (Å²) in [5.74, 6) is 1.02. The van der Waals surface area contributed by atoms with Crippen LogP contribution in [-0.2, 0) is 6.42 Å². The highest BCUT2D eigenvalue weighted by Gasteiger charge is 2.21. The summed E-state index contributed by atoms with van der Waals surface area (Å²) >= 11 is 0. The molecule has 21 heavy (non-hydrogen) atoms. The van der Waals surface area contributed by atoms with Crippen LogP contribution < -0.4 is 9.64 Å². The van der Waals surface area contributed by atoms with Gasteiger partial charge in [0.05, 0.1) is 0 Å². The molecule has 0 saturated heterocycles. The van der Waals surface area contributed by atoms with E-state index in [1.807, 2.05) is 0 Å². The van der Waals surface area contributed by atoms with E-state index in [-0.39, 0.29) is 0 Å². The van der Waals surface area contributed by atoms with Gasteiger partial charge in [-0.1, -0.05) is 25.1 Å². The quantitative estimate of drug-likeness (QED) is 0.797. The maximum absolute atomic E-state index is 5.84. The highest BCUT2D eigenvalue weighted by molar-refractivity contribution is 5.77. The monoisotopic (exact) mass is 277 g/mol. The van der Waals surface area contributed by atoms with Crippen LogP contribution in [0.5, 0.6) is 5.75 Å². The number of hydrogen-bond donors (Lipinski definition) is 0. The summed E-state index contributed by atoms with van der Waals surface area (Å²) in [6.07, 6.45) is 4.36. The fourth-order valence-electron chi connectivity index (χ4n) is 3.35. The standard InChI is InChI=1S/C19H19NO/c1-2-14-10-12-21-19-13-16(7-8-17(14)19)20-11-9-15-5-3-4-6-18(15)20/h3-8,10,13H,2,9,11-12H2,1H3. The Kier molecular flexibility index (Phi) is 2.95. The maximum atomic E-state index is 5.84. The minimum absolute atomic E-state index is 0.691. The Morgan fingerprint density at radius 2 is 2.05 bits per heavy atom. The van der Waals surface area contributed by atoms with Crippen molar-refractivity contribution in [3.8, 4) is 5.75 Å². The molecule has 2 aromatic carbocycles. The highest BCUT2D eigenvalue weighted by atomic mass is 16.5. The van der Waals surface area contributed by atoms with Crippen LogP contribution in [0.3, 0.4) is 0 Å². The Hall–Kier alpha value is -2.22. The topological polar surface area (TPSA) is 12.5 Å². The summed E-state index contributed by atoms with van der Waals surface area (Å²) in [7, 11) is 0. The number of anilines is 2. The first kappa shape index (κ1) is 12.5. The molecule has 0 aliphatic carbocycles. The molecular weight excluding hydrogens is 258 g/mol. The molecule has 0 saturated carbocycles. The van der Waals surface area contributed by atoms with Crippen molar-refractivity contribution in [3.05, 3.63) is 59.7 Å². The molecule has 0 amide bonds. The number of hydrogen-bond acceptors (Lipinski definition) is 2. The second kappa shape index (κ2) is 4.96. The Labute approximate surface area is 125 Å². The number of ether oxygens (including phenoxy) is 1. The molecule has 2 heterocycles. The molecule has 0 bridgehead atoms. The molecule has 2 aromatic rings. The fourth-order valence-corrected chi connectivity index (χ4v) is 3.35. The molecule has 4 rings (SSSR count). The van der Waals surface area contributed by atoms with Gasteiger partial charge in [0.15, 0.2) is 0 Å². The molecule has 2 aliphatic rings. The number of para-hydroxylation sites is 1. The van der Waals surface area contributed by atoms with Crippen molar-refractivity contribution in [1.82, 2.24) is 0 Å². The van der Waals surface area contributed by atoms with Crippen LogP contribution in [0.25, 0.3) is 5.57 Å². The third-order valence-corrected chi connectivity index (χ3v) is 4.46. The van der Waals surface area contributed by atoms with E-state index < -0.39 is 0 Å². The van der Waals surface area contributed by atoms with Crippen molar-refractivity contribution in [1.29, 1.82) is 0 Å². The van der Waals surface area contributed by atoms with E-state index in [1.165, 1.54) is 28.1 Å². The van der Waals surface area contributed by atoms with Gasteiger partial charge in [-0.15, -0.1) is 0 Å². The summed E-state index contributed by atoms with van der Waals surface area (Å²) in [5.41, 5.74) is 6.64. The van der Waals surface area contributed by atoms with Crippen molar-refractivity contribution in [2.75, 3.05) is 18.1 Å². The average Bonchev–Trinajstić information content (AvgIpc) is 2.97. The summed E-state index contributed by atoms with van der Waals surface area (Å²) < 4.78 is 5.84. The lowest BCUT2D eigenvalue weighted by Gasteiger charge is -2.23. The lowest BCUT2D eigenvalue weighted by molar-refractivity contribution is 0.357. The lowest BCUT2D eigenvalue weighted by Crippen LogP contribution is -2.14. The maximum Gasteiger partial charge on any atom is 0.129 e. The van der Waals surface area contributed by atoms with Crippen molar-refractivity contribution in [2.24, 2.45) is 0 Å². The van der Waals surface area contributed by atoms with Gasteiger partial charge < -0.3 is 9.64 Å². The number of rotatable bonds is 2. The van der Waals surface area contributed by atoms with Crippen LogP contribution >= 0.6 is 0 Å². The third-order valence-electron chi connectivity index (χ3n) is 4.46. The Morgan fingerprint density at radius 1 is 1.14 bits per heavy atom. The molecule has 0 N–H and O–H groups in total. The van der Waals surface area contributed by atoms with E-state index in [1.54, 1.807) is 0 Å². The van der Waals surface area contributed by atoms with E-state index in [4.69, 9.17) is 4.74 Å². The van der Waals surface area contributed by atoms with Gasteiger partial charge >= 0.3 is 0 Å². The van der Waals surface area contributed by atoms with Gasteiger partial charge in [0.2, 0.25) is 0 Å². The van der Waals surface area contributed by atoms with Gasteiger partial charge in [0, 0.05) is 29.5 Å². The van der Waals surface area contributed by atoms with Crippen molar-refractivity contribution in [2.45, 2.75) is 19.8 Å². The predicted octanol–water partition coefficient (Wildman–Crippen LogP) is 4.57. The minimum Gasteiger partial charge on any atom is -0.489 e. The Balaban J connectivity index is 1.74. The molecule has 0 fully saturated rings. The first-order valence-electron chi connectivity index (χ1n) is 7.68. The molecule has 106 valence electrons. The third kappa shape index (κ3) is 2.02. The summed E-state index contributed by atoms with van der Waals surface area (Å²) in [5, 5.41) is 0. The predicted molar refractivity (Wildman–Crippen MR) is 87.4 cm³/mol. The van der Waals surface area contributed by atoms with Crippen LogP contribution in [0.1, 0.15) is 24.5 Å². The van der Waals surface area contributed by atoms with Crippen molar-refractivity contribution >= 4 is 16.9 Å². The fraction of sp³-hybridized carbons (Fsp3) is 0.263. The Bertz CT molecular complexity index is 717. The van der Waals surface area contributed by atoms with Gasteiger partial charge in [-0.25, -0.2) is 0 Å². The van der Waals surface area contributed by atoms with Gasteiger partial charge in [0.1, 0.15) is 12.4 Å². The highest BCUT2D eigenvalue weighted by Crippen LogP contribution is 2.39. The molecule has 2 aliphatic heterocycles. The minimum atomic E-state index is 0.691. The lowest BCUT2D eigenvalue weighted by atomic mass is 10.00. The second-order valence-electron chi connectivity index (χ2n) is 5.60. The molecular formula is C19H19NO. The number of allylic oxidation sites excluding steroid dienone is 1. The van der Waals surface area contributed by atoms with E-state index in [0.29, 0.717) is 6.61 Å². The normalized spacial score (nSPS) is 16.0. The summed E-state index contributed by atoms with van der Waals surface area (Å²) in [6, 6.07) is 15.3. The van der Waals surface area contributed by atoms with Crippen LogP contribution in [0.15, 0.2) is 48.5 Å². The van der Waals surface area contributed by atoms with Gasteiger partial charge in [0.25, 0.3) is 0 Å². The zero-order chi connectivity index (χ0) is 14.2. The average molecular weight is 277 g/mol. The smallest absolute Gasteiger partial charge is 0.129 e. The SMILES string of the molecule is CCC1=CCOc2cc(N3CCc4ccccc43)ccc21. The van der Waals surface area contributed by atoms with E-state index in [2.05, 4.69) is 60.4 Å². The van der Waals surface area contributed by atoms with Crippen LogP contribution in [0.2, 0.25) is 0 Å². The summed E-state index contributed by atoms with van der Waals surface area (Å²) in [4.78, 5) is 2.39. The van der Waals surface area contributed by atoms with Crippen LogP contribution in [0, 0.1) is 0 Å². The number of benzene rings is 2. The molecule has 0 radical (unpaired) electrons. The molecule has 2 nitrogen and oxygen atoms in total. The molecule has 0 aromatic heterocycles. The Morgan fingerprint density at radius 3 is 2.95 bits per heavy atom. The number of fused-ring (bicyclic) bond motifs is 2. The summed E-state index contributed by atoms with van der Waals surface area (Å²) in [6.45, 7) is 3.94. The largest absolute Gasteiger partial charge is 0.489 e. The molecule has 0 spiro atoms.